The minimum atomic E-state index is -0.574. The Morgan fingerprint density at radius 1 is 1.20 bits per heavy atom. The maximum Gasteiger partial charge on any atom is 0.302 e. The quantitative estimate of drug-likeness (QED) is 0.476. The van der Waals surface area contributed by atoms with Gasteiger partial charge >= 0.3 is 5.97 Å². The van der Waals surface area contributed by atoms with E-state index in [9.17, 15) is 4.79 Å². The summed E-state index contributed by atoms with van der Waals surface area (Å²) in [4.78, 5) is 11.2. The molecule has 1 heterocycles. The van der Waals surface area contributed by atoms with Crippen LogP contribution in [-0.4, -0.2) is 32.4 Å². The molecule has 1 atom stereocenters. The van der Waals surface area contributed by atoms with Crippen LogP contribution in [0.3, 0.4) is 0 Å². The van der Waals surface area contributed by atoms with Crippen LogP contribution in [0.25, 0.3) is 0 Å². The van der Waals surface area contributed by atoms with Gasteiger partial charge in [0, 0.05) is 19.1 Å². The van der Waals surface area contributed by atoms with Gasteiger partial charge in [-0.05, 0) is 23.5 Å². The Morgan fingerprint density at radius 3 is 2.44 bits per heavy atom. The molecule has 1 aromatic carbocycles. The average Bonchev–Trinajstić information content (AvgIpc) is 3.32. The first-order chi connectivity index (χ1) is 11.8. The normalized spacial score (nSPS) is 19.3. The van der Waals surface area contributed by atoms with Crippen molar-refractivity contribution in [3.8, 4) is 5.75 Å². The van der Waals surface area contributed by atoms with Gasteiger partial charge in [0.1, 0.15) is 12.4 Å². The highest BCUT2D eigenvalue weighted by Crippen LogP contribution is 2.44. The first-order valence-corrected chi connectivity index (χ1v) is 8.93. The molecule has 25 heavy (non-hydrogen) atoms. The Hall–Kier alpha value is -1.59. The van der Waals surface area contributed by atoms with Crippen molar-refractivity contribution in [1.29, 1.82) is 0 Å². The summed E-state index contributed by atoms with van der Waals surface area (Å²) in [5, 5.41) is 0. The van der Waals surface area contributed by atoms with E-state index in [0.717, 1.165) is 23.5 Å². The van der Waals surface area contributed by atoms with Crippen LogP contribution in [0.15, 0.2) is 18.2 Å². The summed E-state index contributed by atoms with van der Waals surface area (Å²) in [5.41, 5.74) is 1.42. The minimum Gasteiger partial charge on any atom is -0.493 e. The first kappa shape index (κ1) is 19.7. The van der Waals surface area contributed by atoms with Crippen LogP contribution in [0, 0.1) is 11.8 Å². The number of rotatable bonds is 10. The number of hydrogen-bond acceptors (Lipinski definition) is 5. The number of benzene rings is 1. The van der Waals surface area contributed by atoms with Crippen LogP contribution < -0.4 is 4.74 Å². The molecule has 1 unspecified atom stereocenters. The molecule has 1 aromatic rings. The predicted octanol–water partition coefficient (Wildman–Crippen LogP) is 3.68. The number of hydrogen-bond donors (Lipinski definition) is 0. The number of carbonyl (C=O) groups excluding carboxylic acids is 1. The van der Waals surface area contributed by atoms with Gasteiger partial charge < -0.3 is 18.9 Å². The van der Waals surface area contributed by atoms with Gasteiger partial charge in [0.15, 0.2) is 5.60 Å². The Bertz CT molecular complexity index is 575. The van der Waals surface area contributed by atoms with Crippen molar-refractivity contribution in [3.05, 3.63) is 29.3 Å². The van der Waals surface area contributed by atoms with Crippen molar-refractivity contribution >= 4 is 5.97 Å². The zero-order chi connectivity index (χ0) is 18.4. The van der Waals surface area contributed by atoms with Gasteiger partial charge in [-0.15, -0.1) is 0 Å². The third-order valence-corrected chi connectivity index (χ3v) is 3.83. The lowest BCUT2D eigenvalue weighted by molar-refractivity contribution is -0.142. The zero-order valence-electron chi connectivity index (χ0n) is 16.0. The Labute approximate surface area is 150 Å². The average molecular weight is 350 g/mol. The lowest BCUT2D eigenvalue weighted by Gasteiger charge is -2.19. The molecule has 140 valence electrons. The van der Waals surface area contributed by atoms with Crippen LogP contribution in [0.4, 0.5) is 0 Å². The minimum absolute atomic E-state index is 0.212. The van der Waals surface area contributed by atoms with Crippen molar-refractivity contribution in [3.63, 3.8) is 0 Å². The van der Waals surface area contributed by atoms with E-state index in [1.807, 2.05) is 18.2 Å². The van der Waals surface area contributed by atoms with Crippen molar-refractivity contribution in [2.24, 2.45) is 11.8 Å². The monoisotopic (exact) mass is 350 g/mol. The molecule has 0 aromatic heterocycles. The van der Waals surface area contributed by atoms with Crippen LogP contribution in [-0.2, 0) is 31.2 Å². The summed E-state index contributed by atoms with van der Waals surface area (Å²) in [6, 6.07) is 6.03. The van der Waals surface area contributed by atoms with E-state index in [1.165, 1.54) is 6.92 Å². The largest absolute Gasteiger partial charge is 0.493 e. The molecule has 2 rings (SSSR count). The van der Waals surface area contributed by atoms with Crippen molar-refractivity contribution in [2.45, 2.75) is 46.8 Å². The molecule has 0 aliphatic carbocycles. The maximum atomic E-state index is 11.2. The third-order valence-electron chi connectivity index (χ3n) is 3.83. The van der Waals surface area contributed by atoms with Gasteiger partial charge in [-0.2, -0.15) is 0 Å². The molecule has 1 aliphatic rings. The van der Waals surface area contributed by atoms with Crippen LogP contribution in [0.1, 0.15) is 45.7 Å². The Balaban J connectivity index is 2.15. The van der Waals surface area contributed by atoms with Crippen LogP contribution >= 0.6 is 0 Å². The first-order valence-electron chi connectivity index (χ1n) is 8.93. The Kier molecular flexibility index (Phi) is 6.85. The molecule has 1 fully saturated rings. The predicted molar refractivity (Wildman–Crippen MR) is 95.5 cm³/mol. The molecule has 1 saturated heterocycles. The fourth-order valence-corrected chi connectivity index (χ4v) is 2.44. The highest BCUT2D eigenvalue weighted by molar-refractivity contribution is 5.66. The molecule has 0 radical (unpaired) electrons. The lowest BCUT2D eigenvalue weighted by Crippen LogP contribution is -2.21. The molecule has 1 aliphatic heterocycles. The summed E-state index contributed by atoms with van der Waals surface area (Å²) < 4.78 is 22.6. The molecule has 5 heteroatoms. The second-order valence-electron chi connectivity index (χ2n) is 7.51. The van der Waals surface area contributed by atoms with Gasteiger partial charge in [-0.1, -0.05) is 39.8 Å². The molecule has 0 bridgehead atoms. The van der Waals surface area contributed by atoms with E-state index in [0.29, 0.717) is 31.7 Å². The smallest absolute Gasteiger partial charge is 0.302 e. The van der Waals surface area contributed by atoms with Gasteiger partial charge in [0.2, 0.25) is 0 Å². The van der Waals surface area contributed by atoms with Crippen molar-refractivity contribution in [2.75, 3.05) is 26.4 Å². The van der Waals surface area contributed by atoms with Crippen LogP contribution in [0.5, 0.6) is 5.75 Å². The summed E-state index contributed by atoms with van der Waals surface area (Å²) in [5.74, 6) is 1.39. The fourth-order valence-electron chi connectivity index (χ4n) is 2.44. The van der Waals surface area contributed by atoms with E-state index in [2.05, 4.69) is 27.7 Å². The SMILES string of the molecule is CC(=O)OCC1(c2ccc(COCC(C)C)cc2OCC(C)C)CO1. The second kappa shape index (κ2) is 8.68. The molecule has 0 N–H and O–H groups in total. The highest BCUT2D eigenvalue weighted by atomic mass is 16.6. The molecular weight excluding hydrogens is 320 g/mol. The van der Waals surface area contributed by atoms with Gasteiger partial charge in [0.05, 0.1) is 19.8 Å². The molecular formula is C20H30O5. The van der Waals surface area contributed by atoms with E-state index >= 15 is 0 Å². The fraction of sp³-hybridized carbons (Fsp3) is 0.650. The molecule has 0 saturated carbocycles. The summed E-state index contributed by atoms with van der Waals surface area (Å²) in [6.45, 7) is 12.5. The lowest BCUT2D eigenvalue weighted by atomic mass is 9.98. The number of epoxide rings is 1. The molecule has 5 nitrogen and oxygen atoms in total. The number of ether oxygens (including phenoxy) is 4. The highest BCUT2D eigenvalue weighted by Gasteiger charge is 2.49. The van der Waals surface area contributed by atoms with E-state index in [1.54, 1.807) is 0 Å². The standard InChI is InChI=1S/C20H30O5/c1-14(2)9-22-11-17-6-7-18(19(8-17)23-10-15(3)4)20(13-25-20)12-24-16(5)21/h6-8,14-15H,9-13H2,1-5H3. The maximum absolute atomic E-state index is 11.2. The van der Waals surface area contributed by atoms with E-state index in [4.69, 9.17) is 18.9 Å². The summed E-state index contributed by atoms with van der Waals surface area (Å²) in [6.07, 6.45) is 0. The van der Waals surface area contributed by atoms with Gasteiger partial charge in [0.25, 0.3) is 0 Å². The van der Waals surface area contributed by atoms with E-state index in [-0.39, 0.29) is 12.6 Å². The van der Waals surface area contributed by atoms with Gasteiger partial charge in [-0.3, -0.25) is 4.79 Å². The van der Waals surface area contributed by atoms with Crippen molar-refractivity contribution < 1.29 is 23.7 Å². The number of carbonyl (C=O) groups is 1. The Morgan fingerprint density at radius 2 is 1.88 bits per heavy atom. The summed E-state index contributed by atoms with van der Waals surface area (Å²) in [7, 11) is 0. The van der Waals surface area contributed by atoms with Gasteiger partial charge in [-0.25, -0.2) is 0 Å². The molecule has 0 spiro atoms. The van der Waals surface area contributed by atoms with E-state index < -0.39 is 5.60 Å². The van der Waals surface area contributed by atoms with Crippen molar-refractivity contribution in [1.82, 2.24) is 0 Å². The van der Waals surface area contributed by atoms with Crippen LogP contribution in [0.2, 0.25) is 0 Å². The molecule has 0 amide bonds. The summed E-state index contributed by atoms with van der Waals surface area (Å²) >= 11 is 0. The third kappa shape index (κ3) is 6.01. The zero-order valence-corrected chi connectivity index (χ0v) is 16.0. The topological polar surface area (TPSA) is 57.3 Å². The second-order valence-corrected chi connectivity index (χ2v) is 7.51. The number of esters is 1.